The van der Waals surface area contributed by atoms with Gasteiger partial charge in [-0.15, -0.1) is 0 Å². The van der Waals surface area contributed by atoms with E-state index in [0.29, 0.717) is 30.0 Å². The van der Waals surface area contributed by atoms with E-state index in [4.69, 9.17) is 8.83 Å². The van der Waals surface area contributed by atoms with Crippen molar-refractivity contribution < 1.29 is 13.6 Å². The average molecular weight is 361 g/mol. The van der Waals surface area contributed by atoms with Gasteiger partial charge < -0.3 is 14.2 Å². The first-order chi connectivity index (χ1) is 13.2. The molecule has 3 aromatic heterocycles. The molecular formula is C21H19N3O3. The Balaban J connectivity index is 1.61. The van der Waals surface area contributed by atoms with E-state index in [-0.39, 0.29) is 5.91 Å². The molecule has 0 spiro atoms. The van der Waals surface area contributed by atoms with Crippen LogP contribution in [0.4, 0.5) is 0 Å². The molecular weight excluding hydrogens is 342 g/mol. The number of nitrogens with zero attached hydrogens (tertiary/aromatic N) is 2. The normalized spacial score (nSPS) is 10.9. The molecule has 0 saturated heterocycles. The van der Waals surface area contributed by atoms with E-state index < -0.39 is 0 Å². The zero-order valence-corrected chi connectivity index (χ0v) is 14.9. The Morgan fingerprint density at radius 1 is 1.11 bits per heavy atom. The summed E-state index contributed by atoms with van der Waals surface area (Å²) in [7, 11) is 0. The zero-order valence-electron chi connectivity index (χ0n) is 14.9. The number of nitrogens with one attached hydrogen (secondary N) is 1. The molecule has 0 aliphatic rings. The lowest BCUT2D eigenvalue weighted by atomic mass is 10.2. The standard InChI is InChI=1S/C21H19N3O3/c1-15-9-10-19(27-15)20-18(14-24(23-20)16-6-3-2-4-7-16)21(25)22-12-11-17-8-5-13-26-17/h2-10,13-14H,11-12H2,1H3,(H,22,25). The van der Waals surface area contributed by atoms with Crippen molar-refractivity contribution in [1.29, 1.82) is 0 Å². The zero-order chi connectivity index (χ0) is 18.6. The van der Waals surface area contributed by atoms with Crippen molar-refractivity contribution >= 4 is 5.91 Å². The number of para-hydroxylation sites is 1. The Hall–Kier alpha value is -3.54. The number of furan rings is 2. The van der Waals surface area contributed by atoms with Gasteiger partial charge in [-0.2, -0.15) is 5.10 Å². The number of aromatic nitrogens is 2. The number of hydrogen-bond acceptors (Lipinski definition) is 4. The van der Waals surface area contributed by atoms with E-state index >= 15 is 0 Å². The van der Waals surface area contributed by atoms with Crippen molar-refractivity contribution in [3.05, 3.63) is 84.1 Å². The highest BCUT2D eigenvalue weighted by atomic mass is 16.3. The SMILES string of the molecule is Cc1ccc(-c2nn(-c3ccccc3)cc2C(=O)NCCc2ccco2)o1. The van der Waals surface area contributed by atoms with Crippen molar-refractivity contribution in [2.45, 2.75) is 13.3 Å². The highest BCUT2D eigenvalue weighted by Crippen LogP contribution is 2.25. The first-order valence-corrected chi connectivity index (χ1v) is 8.73. The third-order valence-corrected chi connectivity index (χ3v) is 4.19. The minimum atomic E-state index is -0.201. The van der Waals surface area contributed by atoms with Gasteiger partial charge >= 0.3 is 0 Å². The predicted octanol–water partition coefficient (Wildman–Crippen LogP) is 4.01. The Bertz CT molecular complexity index is 1030. The first-order valence-electron chi connectivity index (χ1n) is 8.73. The van der Waals surface area contributed by atoms with Gasteiger partial charge in [-0.25, -0.2) is 4.68 Å². The number of carbonyl (C=O) groups is 1. The van der Waals surface area contributed by atoms with E-state index in [1.165, 1.54) is 0 Å². The molecule has 6 heteroatoms. The lowest BCUT2D eigenvalue weighted by molar-refractivity contribution is 0.0954. The van der Waals surface area contributed by atoms with Gasteiger partial charge in [-0.3, -0.25) is 4.79 Å². The molecule has 0 saturated carbocycles. The monoisotopic (exact) mass is 361 g/mol. The second-order valence-corrected chi connectivity index (χ2v) is 6.17. The molecule has 3 heterocycles. The van der Waals surface area contributed by atoms with Crippen LogP contribution in [-0.4, -0.2) is 22.2 Å². The van der Waals surface area contributed by atoms with E-state index in [1.54, 1.807) is 17.1 Å². The fourth-order valence-corrected chi connectivity index (χ4v) is 2.85. The summed E-state index contributed by atoms with van der Waals surface area (Å²) in [5, 5.41) is 7.51. The molecule has 0 fully saturated rings. The van der Waals surface area contributed by atoms with Crippen LogP contribution in [0, 0.1) is 6.92 Å². The van der Waals surface area contributed by atoms with E-state index in [2.05, 4.69) is 10.4 Å². The maximum atomic E-state index is 12.8. The summed E-state index contributed by atoms with van der Waals surface area (Å²) in [5.74, 6) is 1.96. The molecule has 0 unspecified atom stereocenters. The van der Waals surface area contributed by atoms with Crippen LogP contribution in [0.3, 0.4) is 0 Å². The second kappa shape index (κ2) is 7.37. The molecule has 27 heavy (non-hydrogen) atoms. The molecule has 6 nitrogen and oxygen atoms in total. The van der Waals surface area contributed by atoms with Gasteiger partial charge in [-0.1, -0.05) is 18.2 Å². The van der Waals surface area contributed by atoms with Crippen molar-refractivity contribution in [1.82, 2.24) is 15.1 Å². The lowest BCUT2D eigenvalue weighted by Crippen LogP contribution is -2.25. The lowest BCUT2D eigenvalue weighted by Gasteiger charge is -2.03. The molecule has 0 aliphatic carbocycles. The summed E-state index contributed by atoms with van der Waals surface area (Å²) in [6, 6.07) is 17.1. The third-order valence-electron chi connectivity index (χ3n) is 4.19. The van der Waals surface area contributed by atoms with Gasteiger partial charge in [0.05, 0.1) is 17.5 Å². The highest BCUT2D eigenvalue weighted by molar-refractivity contribution is 5.99. The van der Waals surface area contributed by atoms with Crippen LogP contribution in [0.5, 0.6) is 0 Å². The van der Waals surface area contributed by atoms with Gasteiger partial charge in [0.15, 0.2) is 5.76 Å². The molecule has 1 aromatic carbocycles. The first kappa shape index (κ1) is 16.9. The number of rotatable bonds is 6. The summed E-state index contributed by atoms with van der Waals surface area (Å²) >= 11 is 0. The van der Waals surface area contributed by atoms with Gasteiger partial charge in [0.1, 0.15) is 17.2 Å². The van der Waals surface area contributed by atoms with Crippen LogP contribution in [0.25, 0.3) is 17.1 Å². The molecule has 0 bridgehead atoms. The summed E-state index contributed by atoms with van der Waals surface area (Å²) in [6.45, 7) is 2.33. The van der Waals surface area contributed by atoms with Crippen LogP contribution in [0.15, 0.2) is 75.9 Å². The Kier molecular flexibility index (Phi) is 4.61. The van der Waals surface area contributed by atoms with Crippen molar-refractivity contribution in [3.8, 4) is 17.1 Å². The number of benzene rings is 1. The number of carbonyl (C=O) groups excluding carboxylic acids is 1. The second-order valence-electron chi connectivity index (χ2n) is 6.17. The van der Waals surface area contributed by atoms with E-state index in [9.17, 15) is 4.79 Å². The third kappa shape index (κ3) is 3.69. The minimum Gasteiger partial charge on any atom is -0.469 e. The van der Waals surface area contributed by atoms with Crippen LogP contribution in [0.1, 0.15) is 21.9 Å². The van der Waals surface area contributed by atoms with Crippen LogP contribution >= 0.6 is 0 Å². The molecule has 0 atom stereocenters. The Morgan fingerprint density at radius 3 is 2.67 bits per heavy atom. The topological polar surface area (TPSA) is 73.2 Å². The largest absolute Gasteiger partial charge is 0.469 e. The van der Waals surface area contributed by atoms with E-state index in [0.717, 1.165) is 17.2 Å². The fraction of sp³-hybridized carbons (Fsp3) is 0.143. The van der Waals surface area contributed by atoms with Gasteiger partial charge in [0.2, 0.25) is 0 Å². The summed E-state index contributed by atoms with van der Waals surface area (Å²) in [5.41, 5.74) is 1.85. The predicted molar refractivity (Wildman–Crippen MR) is 101 cm³/mol. The highest BCUT2D eigenvalue weighted by Gasteiger charge is 2.20. The van der Waals surface area contributed by atoms with Crippen molar-refractivity contribution in [3.63, 3.8) is 0 Å². The summed E-state index contributed by atoms with van der Waals surface area (Å²) < 4.78 is 12.7. The van der Waals surface area contributed by atoms with Crippen LogP contribution < -0.4 is 5.32 Å². The molecule has 4 aromatic rings. The van der Waals surface area contributed by atoms with Gasteiger partial charge in [-0.05, 0) is 43.3 Å². The average Bonchev–Trinajstić information content (AvgIpc) is 3.42. The Morgan fingerprint density at radius 2 is 1.96 bits per heavy atom. The minimum absolute atomic E-state index is 0.201. The molecule has 1 amide bonds. The maximum Gasteiger partial charge on any atom is 0.255 e. The van der Waals surface area contributed by atoms with Crippen molar-refractivity contribution in [2.24, 2.45) is 0 Å². The maximum absolute atomic E-state index is 12.8. The molecule has 1 N–H and O–H groups in total. The molecule has 0 radical (unpaired) electrons. The molecule has 4 rings (SSSR count). The fourth-order valence-electron chi connectivity index (χ4n) is 2.85. The van der Waals surface area contributed by atoms with Crippen LogP contribution in [-0.2, 0) is 6.42 Å². The number of hydrogen-bond donors (Lipinski definition) is 1. The smallest absolute Gasteiger partial charge is 0.255 e. The van der Waals surface area contributed by atoms with Crippen LogP contribution in [0.2, 0.25) is 0 Å². The molecule has 136 valence electrons. The Labute approximate surface area is 156 Å². The number of aryl methyl sites for hydroxylation is 1. The summed E-state index contributed by atoms with van der Waals surface area (Å²) in [4.78, 5) is 12.8. The quantitative estimate of drug-likeness (QED) is 0.563. The van der Waals surface area contributed by atoms with Gasteiger partial charge in [0.25, 0.3) is 5.91 Å². The van der Waals surface area contributed by atoms with Gasteiger partial charge in [0, 0.05) is 19.2 Å². The molecule has 0 aliphatic heterocycles. The van der Waals surface area contributed by atoms with Crippen molar-refractivity contribution in [2.75, 3.05) is 6.54 Å². The van der Waals surface area contributed by atoms with E-state index in [1.807, 2.05) is 61.5 Å². The number of amides is 1. The summed E-state index contributed by atoms with van der Waals surface area (Å²) in [6.07, 6.45) is 3.98.